The number of aliphatic hydroxyl groups excluding tert-OH is 1. The van der Waals surface area contributed by atoms with Crippen LogP contribution in [0.25, 0.3) is 0 Å². The first-order valence-corrected chi connectivity index (χ1v) is 6.54. The Morgan fingerprint density at radius 3 is 2.73 bits per heavy atom. The molecule has 1 aromatic rings. The molecule has 0 unspecified atom stereocenters. The van der Waals surface area contributed by atoms with Crippen molar-refractivity contribution in [1.82, 2.24) is 4.90 Å². The summed E-state index contributed by atoms with van der Waals surface area (Å²) in [6.45, 7) is 1.05. The van der Waals surface area contributed by atoms with Crippen molar-refractivity contribution in [2.24, 2.45) is 0 Å². The second kappa shape index (κ2) is 5.10. The van der Waals surface area contributed by atoms with Crippen LogP contribution in [0.2, 0.25) is 0 Å². The topological polar surface area (TPSA) is 23.5 Å². The molecule has 1 N–H and O–H groups in total. The summed E-state index contributed by atoms with van der Waals surface area (Å²) in [6, 6.07) is 4.97. The van der Waals surface area contributed by atoms with Crippen LogP contribution in [0, 0.1) is 0 Å². The predicted molar refractivity (Wildman–Crippen MR) is 64.0 cm³/mol. The average Bonchev–Trinajstić information content (AvgIpc) is 2.71. The zero-order valence-electron chi connectivity index (χ0n) is 9.22. The van der Waals surface area contributed by atoms with E-state index < -0.39 is 0 Å². The minimum absolute atomic E-state index is 0.0450. The van der Waals surface area contributed by atoms with Crippen molar-refractivity contribution in [3.05, 3.63) is 22.4 Å². The maximum Gasteiger partial charge on any atom is 0.0541 e. The largest absolute Gasteiger partial charge is 0.393 e. The highest BCUT2D eigenvalue weighted by Gasteiger charge is 2.22. The summed E-state index contributed by atoms with van der Waals surface area (Å²) in [5.74, 6) is 0. The second-order valence-electron chi connectivity index (χ2n) is 4.46. The molecule has 0 aliphatic heterocycles. The minimum Gasteiger partial charge on any atom is -0.393 e. The summed E-state index contributed by atoms with van der Waals surface area (Å²) in [4.78, 5) is 3.86. The van der Waals surface area contributed by atoms with Gasteiger partial charge in [0, 0.05) is 17.5 Å². The van der Waals surface area contributed by atoms with Crippen LogP contribution in [0.15, 0.2) is 17.5 Å². The van der Waals surface area contributed by atoms with Crippen LogP contribution in [0.3, 0.4) is 0 Å². The molecule has 1 aromatic heterocycles. The number of nitrogens with zero attached hydrogens (tertiary/aromatic N) is 1. The van der Waals surface area contributed by atoms with E-state index in [0.717, 1.165) is 32.2 Å². The van der Waals surface area contributed by atoms with Crippen molar-refractivity contribution >= 4 is 11.3 Å². The average molecular weight is 225 g/mol. The fourth-order valence-electron chi connectivity index (χ4n) is 2.28. The molecular weight excluding hydrogens is 206 g/mol. The van der Waals surface area contributed by atoms with Crippen molar-refractivity contribution in [3.63, 3.8) is 0 Å². The fourth-order valence-corrected chi connectivity index (χ4v) is 3.04. The van der Waals surface area contributed by atoms with E-state index >= 15 is 0 Å². The molecule has 2 nitrogen and oxygen atoms in total. The van der Waals surface area contributed by atoms with Gasteiger partial charge in [-0.05, 0) is 44.2 Å². The Morgan fingerprint density at radius 2 is 2.13 bits per heavy atom. The van der Waals surface area contributed by atoms with Gasteiger partial charge in [0.05, 0.1) is 6.10 Å². The van der Waals surface area contributed by atoms with E-state index in [2.05, 4.69) is 29.5 Å². The van der Waals surface area contributed by atoms with Crippen molar-refractivity contribution in [2.75, 3.05) is 7.05 Å². The van der Waals surface area contributed by atoms with Crippen LogP contribution in [0.1, 0.15) is 30.6 Å². The van der Waals surface area contributed by atoms with Gasteiger partial charge >= 0.3 is 0 Å². The molecule has 1 aliphatic carbocycles. The number of aliphatic hydroxyl groups is 1. The lowest BCUT2D eigenvalue weighted by Gasteiger charge is -2.32. The van der Waals surface area contributed by atoms with Crippen molar-refractivity contribution in [1.29, 1.82) is 0 Å². The van der Waals surface area contributed by atoms with Crippen LogP contribution >= 0.6 is 11.3 Å². The van der Waals surface area contributed by atoms with Gasteiger partial charge in [-0.3, -0.25) is 4.90 Å². The molecule has 0 atom stereocenters. The Kier molecular flexibility index (Phi) is 3.78. The van der Waals surface area contributed by atoms with Gasteiger partial charge in [-0.25, -0.2) is 0 Å². The van der Waals surface area contributed by atoms with Crippen molar-refractivity contribution in [2.45, 2.75) is 44.4 Å². The molecule has 0 saturated heterocycles. The Morgan fingerprint density at radius 1 is 1.40 bits per heavy atom. The summed E-state index contributed by atoms with van der Waals surface area (Å²) in [7, 11) is 2.20. The molecule has 15 heavy (non-hydrogen) atoms. The third-order valence-electron chi connectivity index (χ3n) is 3.27. The zero-order valence-corrected chi connectivity index (χ0v) is 10.0. The lowest BCUT2D eigenvalue weighted by Crippen LogP contribution is -2.35. The lowest BCUT2D eigenvalue weighted by atomic mass is 9.92. The van der Waals surface area contributed by atoms with Crippen LogP contribution in [0.5, 0.6) is 0 Å². The molecule has 2 rings (SSSR count). The van der Waals surface area contributed by atoms with Gasteiger partial charge in [0.2, 0.25) is 0 Å². The number of thiophene rings is 1. The zero-order chi connectivity index (χ0) is 10.7. The normalized spacial score (nSPS) is 27.1. The smallest absolute Gasteiger partial charge is 0.0541 e. The van der Waals surface area contributed by atoms with Gasteiger partial charge in [-0.15, -0.1) is 11.3 Å². The van der Waals surface area contributed by atoms with Gasteiger partial charge < -0.3 is 5.11 Å². The standard InChI is InChI=1S/C12H19NOS/c1-13(9-12-3-2-8-15-12)10-4-6-11(14)7-5-10/h2-3,8,10-11,14H,4-7,9H2,1H3. The highest BCUT2D eigenvalue weighted by atomic mass is 32.1. The molecular formula is C12H19NOS. The van der Waals surface area contributed by atoms with Crippen LogP contribution in [0.4, 0.5) is 0 Å². The Hall–Kier alpha value is -0.380. The Labute approximate surface area is 95.5 Å². The molecule has 0 radical (unpaired) electrons. The molecule has 0 amide bonds. The maximum atomic E-state index is 9.45. The third-order valence-corrected chi connectivity index (χ3v) is 4.14. The minimum atomic E-state index is -0.0450. The molecule has 1 heterocycles. The molecule has 1 aliphatic rings. The second-order valence-corrected chi connectivity index (χ2v) is 5.49. The summed E-state index contributed by atoms with van der Waals surface area (Å²) < 4.78 is 0. The van der Waals surface area contributed by atoms with Gasteiger partial charge in [0.1, 0.15) is 0 Å². The highest BCUT2D eigenvalue weighted by molar-refractivity contribution is 7.09. The monoisotopic (exact) mass is 225 g/mol. The van der Waals surface area contributed by atoms with E-state index in [9.17, 15) is 5.11 Å². The van der Waals surface area contributed by atoms with Gasteiger partial charge in [0.15, 0.2) is 0 Å². The van der Waals surface area contributed by atoms with Crippen LogP contribution < -0.4 is 0 Å². The number of rotatable bonds is 3. The third kappa shape index (κ3) is 3.03. The molecule has 0 bridgehead atoms. The summed E-state index contributed by atoms with van der Waals surface area (Å²) in [6.07, 6.45) is 4.18. The van der Waals surface area contributed by atoms with Gasteiger partial charge in [0.25, 0.3) is 0 Å². The summed E-state index contributed by atoms with van der Waals surface area (Å²) in [5, 5.41) is 11.6. The number of hydrogen-bond acceptors (Lipinski definition) is 3. The first kappa shape index (κ1) is 11.1. The Balaban J connectivity index is 1.83. The van der Waals surface area contributed by atoms with E-state index in [1.807, 2.05) is 11.3 Å². The van der Waals surface area contributed by atoms with E-state index in [-0.39, 0.29) is 6.10 Å². The van der Waals surface area contributed by atoms with Crippen molar-refractivity contribution < 1.29 is 5.11 Å². The van der Waals surface area contributed by atoms with E-state index in [1.165, 1.54) is 4.88 Å². The van der Waals surface area contributed by atoms with E-state index in [1.54, 1.807) is 0 Å². The van der Waals surface area contributed by atoms with Crippen molar-refractivity contribution in [3.8, 4) is 0 Å². The molecule has 1 saturated carbocycles. The fraction of sp³-hybridized carbons (Fsp3) is 0.667. The molecule has 0 spiro atoms. The van der Waals surface area contributed by atoms with Crippen LogP contribution in [-0.2, 0) is 6.54 Å². The SMILES string of the molecule is CN(Cc1cccs1)C1CCC(O)CC1. The van der Waals surface area contributed by atoms with Crippen LogP contribution in [-0.4, -0.2) is 29.2 Å². The van der Waals surface area contributed by atoms with Gasteiger partial charge in [-0.2, -0.15) is 0 Å². The van der Waals surface area contributed by atoms with E-state index in [4.69, 9.17) is 0 Å². The van der Waals surface area contributed by atoms with Gasteiger partial charge in [-0.1, -0.05) is 6.07 Å². The predicted octanol–water partition coefficient (Wildman–Crippen LogP) is 2.48. The maximum absolute atomic E-state index is 9.45. The number of hydrogen-bond donors (Lipinski definition) is 1. The van der Waals surface area contributed by atoms with E-state index in [0.29, 0.717) is 6.04 Å². The molecule has 84 valence electrons. The first-order valence-electron chi connectivity index (χ1n) is 5.66. The summed E-state index contributed by atoms with van der Waals surface area (Å²) in [5.41, 5.74) is 0. The molecule has 0 aromatic carbocycles. The molecule has 1 fully saturated rings. The molecule has 3 heteroatoms. The highest BCUT2D eigenvalue weighted by Crippen LogP contribution is 2.24. The lowest BCUT2D eigenvalue weighted by molar-refractivity contribution is 0.0821. The Bertz CT molecular complexity index is 278. The quantitative estimate of drug-likeness (QED) is 0.854. The summed E-state index contributed by atoms with van der Waals surface area (Å²) >= 11 is 1.82. The first-order chi connectivity index (χ1) is 7.25.